The molecule has 0 aliphatic carbocycles. The molecule has 2 aromatic rings. The van der Waals surface area contributed by atoms with Crippen LogP contribution in [0.15, 0.2) is 59.5 Å². The molecular weight excluding hydrogens is 300 g/mol. The highest BCUT2D eigenvalue weighted by molar-refractivity contribution is 7.90. The quantitative estimate of drug-likeness (QED) is 0.924. The van der Waals surface area contributed by atoms with Gasteiger partial charge < -0.3 is 5.11 Å². The zero-order valence-corrected chi connectivity index (χ0v) is 12.2. The summed E-state index contributed by atoms with van der Waals surface area (Å²) in [6.07, 6.45) is 1.16. The van der Waals surface area contributed by atoms with Crippen LogP contribution in [0.25, 0.3) is 0 Å². The highest BCUT2D eigenvalue weighted by Gasteiger charge is 2.04. The normalized spacial score (nSPS) is 10.3. The van der Waals surface area contributed by atoms with Crippen molar-refractivity contribution in [3.8, 4) is 0 Å². The number of carboxylic acid groups (broad SMARTS) is 1. The summed E-state index contributed by atoms with van der Waals surface area (Å²) in [6.45, 7) is 0. The number of carboxylic acids is 1. The number of sulfone groups is 1. The van der Waals surface area contributed by atoms with E-state index >= 15 is 0 Å². The van der Waals surface area contributed by atoms with Crippen molar-refractivity contribution in [3.05, 3.63) is 65.2 Å². The van der Waals surface area contributed by atoms with Crippen molar-refractivity contribution >= 4 is 27.4 Å². The molecule has 6 heteroatoms. The zero-order chi connectivity index (χ0) is 15.2. The average molecular weight is 313 g/mol. The maximum Gasteiger partial charge on any atom is 0.335 e. The molecule has 2 aromatic carbocycles. The molecule has 0 saturated carbocycles. The lowest BCUT2D eigenvalue weighted by Crippen LogP contribution is -1.95. The SMILES string of the molecule is CS(=O)(=O)c1ccc(Cl)cc1.O=C(O)c1ccccc1. The van der Waals surface area contributed by atoms with E-state index in [4.69, 9.17) is 16.7 Å². The molecule has 0 radical (unpaired) electrons. The van der Waals surface area contributed by atoms with Gasteiger partial charge in [-0.15, -0.1) is 0 Å². The Bertz CT molecular complexity index is 664. The molecule has 0 aliphatic heterocycles. The number of carbonyl (C=O) groups is 1. The highest BCUT2D eigenvalue weighted by Crippen LogP contribution is 2.13. The molecule has 0 aliphatic rings. The number of halogens is 1. The van der Waals surface area contributed by atoms with Gasteiger partial charge in [0.2, 0.25) is 0 Å². The number of benzene rings is 2. The maximum absolute atomic E-state index is 10.9. The average Bonchev–Trinajstić information content (AvgIpc) is 2.40. The van der Waals surface area contributed by atoms with E-state index in [2.05, 4.69) is 0 Å². The first-order valence-electron chi connectivity index (χ1n) is 5.54. The van der Waals surface area contributed by atoms with Crippen LogP contribution < -0.4 is 0 Å². The predicted octanol–water partition coefficient (Wildman–Crippen LogP) is 3.13. The fourth-order valence-electron chi connectivity index (χ4n) is 1.26. The molecule has 0 atom stereocenters. The predicted molar refractivity (Wildman–Crippen MR) is 78.0 cm³/mol. The standard InChI is InChI=1S/C7H7ClO2S.C7H6O2/c1-11(9,10)7-4-2-6(8)3-5-7;8-7(9)6-4-2-1-3-5-6/h2-5H,1H3;1-5H,(H,8,9). The summed E-state index contributed by atoms with van der Waals surface area (Å²) in [6, 6.07) is 14.4. The second-order valence-corrected chi connectivity index (χ2v) is 6.35. The van der Waals surface area contributed by atoms with Crippen molar-refractivity contribution in [3.63, 3.8) is 0 Å². The van der Waals surface area contributed by atoms with Gasteiger partial charge in [0.1, 0.15) is 0 Å². The van der Waals surface area contributed by atoms with Gasteiger partial charge in [-0.3, -0.25) is 0 Å². The molecule has 0 heterocycles. The van der Waals surface area contributed by atoms with Gasteiger partial charge in [-0.25, -0.2) is 13.2 Å². The molecule has 106 valence electrons. The van der Waals surface area contributed by atoms with Gasteiger partial charge >= 0.3 is 5.97 Å². The Labute approximate surface area is 122 Å². The van der Waals surface area contributed by atoms with Crippen LogP contribution >= 0.6 is 11.6 Å². The third kappa shape index (κ3) is 5.42. The van der Waals surface area contributed by atoms with E-state index in [1.807, 2.05) is 0 Å². The fraction of sp³-hybridized carbons (Fsp3) is 0.0714. The lowest BCUT2D eigenvalue weighted by atomic mass is 10.2. The molecule has 1 N–H and O–H groups in total. The second-order valence-electron chi connectivity index (χ2n) is 3.90. The Morgan fingerprint density at radius 1 is 1.00 bits per heavy atom. The Kier molecular flexibility index (Phi) is 5.73. The van der Waals surface area contributed by atoms with Gasteiger partial charge in [-0.2, -0.15) is 0 Å². The lowest BCUT2D eigenvalue weighted by Gasteiger charge is -1.95. The summed E-state index contributed by atoms with van der Waals surface area (Å²) in [5.41, 5.74) is 0.331. The van der Waals surface area contributed by atoms with Crippen molar-refractivity contribution < 1.29 is 18.3 Å². The van der Waals surface area contributed by atoms with E-state index < -0.39 is 15.8 Å². The third-order valence-corrected chi connectivity index (χ3v) is 3.64. The van der Waals surface area contributed by atoms with Crippen molar-refractivity contribution in [2.24, 2.45) is 0 Å². The van der Waals surface area contributed by atoms with Crippen LogP contribution in [0.2, 0.25) is 5.02 Å². The molecule has 0 unspecified atom stereocenters. The molecule has 20 heavy (non-hydrogen) atoms. The summed E-state index contributed by atoms with van der Waals surface area (Å²) < 4.78 is 21.8. The molecular formula is C14H13ClO4S. The number of aromatic carboxylic acids is 1. The summed E-state index contributed by atoms with van der Waals surface area (Å²) in [5.74, 6) is -0.879. The smallest absolute Gasteiger partial charge is 0.335 e. The van der Waals surface area contributed by atoms with Crippen molar-refractivity contribution in [2.45, 2.75) is 4.90 Å². The van der Waals surface area contributed by atoms with E-state index in [9.17, 15) is 13.2 Å². The third-order valence-electron chi connectivity index (χ3n) is 2.26. The monoisotopic (exact) mass is 312 g/mol. The first-order chi connectivity index (χ1) is 9.30. The molecule has 0 spiro atoms. The minimum atomic E-state index is -3.08. The van der Waals surface area contributed by atoms with Crippen LogP contribution in [0.3, 0.4) is 0 Å². The maximum atomic E-state index is 10.9. The molecule has 2 rings (SSSR count). The van der Waals surface area contributed by atoms with Crippen molar-refractivity contribution in [2.75, 3.05) is 6.26 Å². The Hall–Kier alpha value is -1.85. The van der Waals surface area contributed by atoms with Gasteiger partial charge in [0.25, 0.3) is 0 Å². The van der Waals surface area contributed by atoms with Gasteiger partial charge in [-0.1, -0.05) is 29.8 Å². The first-order valence-corrected chi connectivity index (χ1v) is 7.81. The Balaban J connectivity index is 0.000000204. The van der Waals surface area contributed by atoms with Crippen LogP contribution in [0.4, 0.5) is 0 Å². The highest BCUT2D eigenvalue weighted by atomic mass is 35.5. The lowest BCUT2D eigenvalue weighted by molar-refractivity contribution is 0.0697. The van der Waals surface area contributed by atoms with Crippen LogP contribution in [-0.2, 0) is 9.84 Å². The topological polar surface area (TPSA) is 71.4 Å². The summed E-state index contributed by atoms with van der Waals surface area (Å²) in [7, 11) is -3.08. The minimum absolute atomic E-state index is 0.293. The largest absolute Gasteiger partial charge is 0.478 e. The molecule has 0 saturated heterocycles. The van der Waals surface area contributed by atoms with Crippen molar-refractivity contribution in [1.29, 1.82) is 0 Å². The van der Waals surface area contributed by atoms with E-state index in [1.54, 1.807) is 42.5 Å². The molecule has 0 aromatic heterocycles. The Morgan fingerprint density at radius 2 is 1.50 bits per heavy atom. The van der Waals surface area contributed by atoms with Gasteiger partial charge in [0, 0.05) is 11.3 Å². The van der Waals surface area contributed by atoms with Gasteiger partial charge in [0.05, 0.1) is 10.5 Å². The summed E-state index contributed by atoms with van der Waals surface area (Å²) in [5, 5.41) is 8.92. The van der Waals surface area contributed by atoms with Gasteiger partial charge in [0.15, 0.2) is 9.84 Å². The van der Waals surface area contributed by atoms with Crippen LogP contribution in [0, 0.1) is 0 Å². The van der Waals surface area contributed by atoms with Gasteiger partial charge in [-0.05, 0) is 36.4 Å². The zero-order valence-electron chi connectivity index (χ0n) is 10.7. The van der Waals surface area contributed by atoms with E-state index in [0.29, 0.717) is 15.5 Å². The molecule has 0 fully saturated rings. The summed E-state index contributed by atoms with van der Waals surface area (Å²) >= 11 is 5.57. The van der Waals surface area contributed by atoms with E-state index in [-0.39, 0.29) is 0 Å². The molecule has 0 bridgehead atoms. The van der Waals surface area contributed by atoms with E-state index in [0.717, 1.165) is 6.26 Å². The van der Waals surface area contributed by atoms with E-state index in [1.165, 1.54) is 12.1 Å². The van der Waals surface area contributed by atoms with Crippen molar-refractivity contribution in [1.82, 2.24) is 0 Å². The second kappa shape index (κ2) is 7.07. The molecule has 0 amide bonds. The van der Waals surface area contributed by atoms with Crippen LogP contribution in [-0.4, -0.2) is 25.7 Å². The Morgan fingerprint density at radius 3 is 1.85 bits per heavy atom. The summed E-state index contributed by atoms with van der Waals surface area (Å²) in [4.78, 5) is 10.5. The van der Waals surface area contributed by atoms with Crippen LogP contribution in [0.1, 0.15) is 10.4 Å². The minimum Gasteiger partial charge on any atom is -0.478 e. The number of hydrogen-bond acceptors (Lipinski definition) is 3. The first kappa shape index (κ1) is 16.2. The number of rotatable bonds is 2. The van der Waals surface area contributed by atoms with Crippen LogP contribution in [0.5, 0.6) is 0 Å². The number of hydrogen-bond donors (Lipinski definition) is 1. The fourth-order valence-corrected chi connectivity index (χ4v) is 2.02. The molecule has 4 nitrogen and oxygen atoms in total.